The molecule has 0 aromatic heterocycles. The number of hydrogen-bond acceptors (Lipinski definition) is 0. The lowest BCUT2D eigenvalue weighted by Gasteiger charge is -2.26. The molecule has 0 radical (unpaired) electrons. The molecule has 194 valence electrons. The molecule has 2 aliphatic carbocycles. The summed E-state index contributed by atoms with van der Waals surface area (Å²) in [6.45, 7) is 26.1. The van der Waals surface area contributed by atoms with Gasteiger partial charge < -0.3 is 0 Å². The lowest BCUT2D eigenvalue weighted by atomic mass is 9.78. The molecule has 0 spiro atoms. The van der Waals surface area contributed by atoms with Crippen molar-refractivity contribution in [2.75, 3.05) is 0 Å². The Labute approximate surface area is 222 Å². The number of fused-ring (bicyclic) bond motifs is 2. The summed E-state index contributed by atoms with van der Waals surface area (Å²) in [5.41, 5.74) is 19.0. The predicted octanol–water partition coefficient (Wildman–Crippen LogP) is 11.0. The van der Waals surface area contributed by atoms with E-state index in [9.17, 15) is 0 Å². The molecule has 0 N–H and O–H groups in total. The lowest BCUT2D eigenvalue weighted by Crippen LogP contribution is -2.09. The van der Waals surface area contributed by atoms with Crippen molar-refractivity contribution in [1.29, 1.82) is 0 Å². The highest BCUT2D eigenvalue weighted by Crippen LogP contribution is 2.49. The van der Waals surface area contributed by atoms with E-state index in [0.717, 1.165) is 12.8 Å². The maximum Gasteiger partial charge on any atom is -0.00575 e. The van der Waals surface area contributed by atoms with Crippen molar-refractivity contribution in [3.05, 3.63) is 79.9 Å². The molecule has 36 heavy (non-hydrogen) atoms. The molecule has 0 aliphatic heterocycles. The van der Waals surface area contributed by atoms with E-state index in [-0.39, 0.29) is 0 Å². The van der Waals surface area contributed by atoms with Crippen molar-refractivity contribution in [2.45, 2.75) is 126 Å². The van der Waals surface area contributed by atoms with E-state index >= 15 is 0 Å². The average molecular weight is 483 g/mol. The van der Waals surface area contributed by atoms with Crippen molar-refractivity contribution >= 4 is 11.1 Å². The molecular weight excluding hydrogens is 432 g/mol. The highest BCUT2D eigenvalue weighted by atomic mass is 14.4. The summed E-state index contributed by atoms with van der Waals surface area (Å²) < 4.78 is 0. The van der Waals surface area contributed by atoms with E-state index in [4.69, 9.17) is 0 Å². The molecule has 0 nitrogen and oxygen atoms in total. The van der Waals surface area contributed by atoms with Gasteiger partial charge in [-0.15, -0.1) is 0 Å². The van der Waals surface area contributed by atoms with Gasteiger partial charge in [0.1, 0.15) is 0 Å². The summed E-state index contributed by atoms with van der Waals surface area (Å²) in [6.07, 6.45) is 4.63. The Balaban J connectivity index is 1.79. The van der Waals surface area contributed by atoms with Crippen molar-refractivity contribution < 1.29 is 0 Å². The summed E-state index contributed by atoms with van der Waals surface area (Å²) in [5.74, 6) is 2.83. The summed E-state index contributed by atoms with van der Waals surface area (Å²) in [6, 6.07) is 10.1. The van der Waals surface area contributed by atoms with Crippen LogP contribution >= 0.6 is 0 Å². The van der Waals surface area contributed by atoms with Crippen molar-refractivity contribution in [2.24, 2.45) is 5.92 Å². The van der Waals surface area contributed by atoms with Gasteiger partial charge >= 0.3 is 0 Å². The van der Waals surface area contributed by atoms with Gasteiger partial charge in [-0.25, -0.2) is 0 Å². The Kier molecular flexibility index (Phi) is 7.76. The van der Waals surface area contributed by atoms with Crippen LogP contribution in [0.4, 0.5) is 0 Å². The zero-order chi connectivity index (χ0) is 26.5. The molecule has 0 saturated carbocycles. The Hall–Kier alpha value is -2.08. The van der Waals surface area contributed by atoms with Gasteiger partial charge in [-0.1, -0.05) is 97.7 Å². The Bertz CT molecular complexity index is 1210. The van der Waals surface area contributed by atoms with Crippen molar-refractivity contribution in [1.82, 2.24) is 0 Å². The first-order valence-corrected chi connectivity index (χ1v) is 14.7. The normalized spacial score (nSPS) is 16.3. The van der Waals surface area contributed by atoms with Crippen LogP contribution in [0.1, 0.15) is 157 Å². The van der Waals surface area contributed by atoms with Crippen LogP contribution in [0.3, 0.4) is 0 Å². The lowest BCUT2D eigenvalue weighted by molar-refractivity contribution is 0.659. The smallest absolute Gasteiger partial charge is 0.00575 e. The minimum atomic E-state index is 0.547. The summed E-state index contributed by atoms with van der Waals surface area (Å²) >= 11 is 0. The van der Waals surface area contributed by atoms with Crippen LogP contribution in [0.5, 0.6) is 0 Å². The maximum absolute atomic E-state index is 2.53. The first-order valence-electron chi connectivity index (χ1n) is 14.7. The van der Waals surface area contributed by atoms with Gasteiger partial charge in [0.15, 0.2) is 0 Å². The molecule has 4 rings (SSSR count). The topological polar surface area (TPSA) is 0 Å². The molecule has 1 unspecified atom stereocenters. The molecule has 2 aromatic rings. The van der Waals surface area contributed by atoms with Gasteiger partial charge in [0.25, 0.3) is 0 Å². The molecule has 0 bridgehead atoms. The maximum atomic E-state index is 2.53. The molecule has 0 fully saturated rings. The van der Waals surface area contributed by atoms with E-state index in [1.165, 1.54) is 24.0 Å². The summed E-state index contributed by atoms with van der Waals surface area (Å²) in [5, 5.41) is 0. The third kappa shape index (κ3) is 4.78. The zero-order valence-corrected chi connectivity index (χ0v) is 25.0. The zero-order valence-electron chi connectivity index (χ0n) is 25.0. The van der Waals surface area contributed by atoms with Crippen LogP contribution in [0.2, 0.25) is 0 Å². The van der Waals surface area contributed by atoms with Crippen molar-refractivity contribution in [3.8, 4) is 0 Å². The fourth-order valence-electron chi connectivity index (χ4n) is 6.78. The van der Waals surface area contributed by atoms with E-state index < -0.39 is 0 Å². The van der Waals surface area contributed by atoms with E-state index in [1.807, 2.05) is 0 Å². The van der Waals surface area contributed by atoms with Gasteiger partial charge in [0.2, 0.25) is 0 Å². The van der Waals surface area contributed by atoms with Gasteiger partial charge in [-0.05, 0) is 125 Å². The van der Waals surface area contributed by atoms with Crippen LogP contribution < -0.4 is 0 Å². The quantitative estimate of drug-likeness (QED) is 0.351. The second kappa shape index (κ2) is 10.4. The Morgan fingerprint density at radius 2 is 1.08 bits per heavy atom. The molecule has 0 saturated heterocycles. The number of allylic oxidation sites excluding steroid dienone is 4. The minimum Gasteiger partial charge on any atom is -0.0651 e. The van der Waals surface area contributed by atoms with Gasteiger partial charge in [-0.2, -0.15) is 0 Å². The summed E-state index contributed by atoms with van der Waals surface area (Å²) in [4.78, 5) is 0. The summed E-state index contributed by atoms with van der Waals surface area (Å²) in [7, 11) is 0. The Morgan fingerprint density at radius 3 is 1.56 bits per heavy atom. The van der Waals surface area contributed by atoms with Gasteiger partial charge in [0, 0.05) is 0 Å². The fraction of sp³-hybridized carbons (Fsp3) is 0.556. The third-order valence-electron chi connectivity index (χ3n) is 8.93. The van der Waals surface area contributed by atoms with Crippen LogP contribution in [0, 0.1) is 5.92 Å². The minimum absolute atomic E-state index is 0.547. The van der Waals surface area contributed by atoms with Crippen LogP contribution in [-0.4, -0.2) is 0 Å². The predicted molar refractivity (Wildman–Crippen MR) is 160 cm³/mol. The third-order valence-corrected chi connectivity index (χ3v) is 8.93. The number of rotatable bonds is 8. The second-order valence-corrected chi connectivity index (χ2v) is 13.0. The van der Waals surface area contributed by atoms with Crippen LogP contribution in [0.15, 0.2) is 35.4 Å². The average Bonchev–Trinajstić information content (AvgIpc) is 3.30. The monoisotopic (exact) mass is 482 g/mol. The molecule has 0 heterocycles. The fourth-order valence-corrected chi connectivity index (χ4v) is 6.78. The van der Waals surface area contributed by atoms with Crippen LogP contribution in [0.25, 0.3) is 11.1 Å². The first kappa shape index (κ1) is 27.0. The molecule has 2 aromatic carbocycles. The van der Waals surface area contributed by atoms with E-state index in [0.29, 0.717) is 29.6 Å². The van der Waals surface area contributed by atoms with Crippen LogP contribution in [-0.2, 0) is 12.8 Å². The van der Waals surface area contributed by atoms with Crippen molar-refractivity contribution in [3.63, 3.8) is 0 Å². The molecule has 2 aliphatic rings. The molecule has 0 amide bonds. The SMILES string of the molecule is CCC(CC1=C(C)Cc2cc(C(C)C)cc(C(C)C)c21)C1=C(C)Cc2cc(C(C)C)cc(C(C)C)c21. The number of benzene rings is 2. The first-order chi connectivity index (χ1) is 16.9. The highest BCUT2D eigenvalue weighted by molar-refractivity contribution is 5.84. The van der Waals surface area contributed by atoms with E-state index in [1.54, 1.807) is 55.7 Å². The van der Waals surface area contributed by atoms with Gasteiger partial charge in [0.05, 0.1) is 0 Å². The molecule has 0 heteroatoms. The van der Waals surface area contributed by atoms with Gasteiger partial charge in [-0.3, -0.25) is 0 Å². The molecular formula is C36H50. The Morgan fingerprint density at radius 1 is 0.611 bits per heavy atom. The number of hydrogen-bond donors (Lipinski definition) is 0. The standard InChI is InChI=1S/C36H50/c1-12-26(34-25(11)14-30-16-28(21(4)5)19-32(23(8)9)36(30)34)17-33-24(10)13-29-15-27(20(2)3)18-31(22(6)7)35(29)33/h15-16,18-23,26H,12-14,17H2,1-11H3. The molecule has 1 atom stereocenters. The largest absolute Gasteiger partial charge is 0.0651 e. The highest BCUT2D eigenvalue weighted by Gasteiger charge is 2.32. The van der Waals surface area contributed by atoms with E-state index in [2.05, 4.69) is 100 Å². The second-order valence-electron chi connectivity index (χ2n) is 13.0.